The molecule has 11 heteroatoms. The molecule has 184 valence electrons. The average Bonchev–Trinajstić information content (AvgIpc) is 2.85. The van der Waals surface area contributed by atoms with E-state index in [0.29, 0.717) is 24.3 Å². The Morgan fingerprint density at radius 2 is 1.82 bits per heavy atom. The maximum atomic E-state index is 12.6. The molecule has 2 aromatic rings. The third-order valence-corrected chi connectivity index (χ3v) is 7.62. The quantitative estimate of drug-likeness (QED) is 0.298. The molecule has 2 heterocycles. The molecule has 0 spiro atoms. The second kappa shape index (κ2) is 11.8. The summed E-state index contributed by atoms with van der Waals surface area (Å²) in [6.07, 6.45) is 5.13. The topological polar surface area (TPSA) is 130 Å². The Morgan fingerprint density at radius 1 is 1.15 bits per heavy atom. The van der Waals surface area contributed by atoms with Crippen LogP contribution in [-0.4, -0.2) is 62.2 Å². The van der Waals surface area contributed by atoms with Gasteiger partial charge in [-0.2, -0.15) is 4.31 Å². The molecular weight excluding hydrogens is 456 g/mol. The number of anilines is 2. The summed E-state index contributed by atoms with van der Waals surface area (Å²) < 4.78 is 26.5. The van der Waals surface area contributed by atoms with E-state index < -0.39 is 15.9 Å². The predicted octanol–water partition coefficient (Wildman–Crippen LogP) is 2.38. The number of oxime groups is 1. The molecule has 10 nitrogen and oxygen atoms in total. The van der Waals surface area contributed by atoms with Crippen LogP contribution in [0.2, 0.25) is 0 Å². The number of hydrogen-bond acceptors (Lipinski definition) is 7. The van der Waals surface area contributed by atoms with E-state index in [0.717, 1.165) is 31.7 Å². The van der Waals surface area contributed by atoms with Crippen molar-refractivity contribution < 1.29 is 18.0 Å². The Bertz CT molecular complexity index is 1090. The summed E-state index contributed by atoms with van der Waals surface area (Å²) in [6.45, 7) is 5.82. The van der Waals surface area contributed by atoms with Crippen LogP contribution in [0.4, 0.5) is 11.5 Å². The standard InChI is InChI=1S/C23H32N6O4S/c1-3-29(4-2)34(31,32)19-12-10-18(11-13-19)26-21(30)17-33-27-22(24)20-9-8-14-25-23(20)28-15-6-5-7-16-28/h8-14H,3-7,15-17H2,1-2H3,(H2,24,27)(H,26,30). The summed E-state index contributed by atoms with van der Waals surface area (Å²) in [4.78, 5) is 24.2. The molecule has 3 N–H and O–H groups in total. The zero-order chi connectivity index (χ0) is 24.6. The van der Waals surface area contributed by atoms with Gasteiger partial charge in [0.15, 0.2) is 12.4 Å². The molecular formula is C23H32N6O4S. The second-order valence-corrected chi connectivity index (χ2v) is 9.77. The van der Waals surface area contributed by atoms with Gasteiger partial charge < -0.3 is 20.8 Å². The number of carbonyl (C=O) groups excluding carboxylic acids is 1. The third-order valence-electron chi connectivity index (χ3n) is 5.56. The number of aromatic nitrogens is 1. The predicted molar refractivity (Wildman–Crippen MR) is 132 cm³/mol. The molecule has 1 aromatic carbocycles. The lowest BCUT2D eigenvalue weighted by atomic mass is 10.1. The van der Waals surface area contributed by atoms with Gasteiger partial charge in [-0.15, -0.1) is 0 Å². The number of piperidine rings is 1. The van der Waals surface area contributed by atoms with Gasteiger partial charge in [0.05, 0.1) is 10.5 Å². The zero-order valence-corrected chi connectivity index (χ0v) is 20.4. The lowest BCUT2D eigenvalue weighted by molar-refractivity contribution is -0.120. The molecule has 1 fully saturated rings. The highest BCUT2D eigenvalue weighted by molar-refractivity contribution is 7.89. The smallest absolute Gasteiger partial charge is 0.265 e. The fraction of sp³-hybridized carbons (Fsp3) is 0.435. The van der Waals surface area contributed by atoms with Crippen LogP contribution in [0.3, 0.4) is 0 Å². The summed E-state index contributed by atoms with van der Waals surface area (Å²) >= 11 is 0. The Kier molecular flexibility index (Phi) is 8.83. The molecule has 0 radical (unpaired) electrons. The number of sulfonamides is 1. The first-order valence-electron chi connectivity index (χ1n) is 11.4. The van der Waals surface area contributed by atoms with Crippen molar-refractivity contribution in [3.05, 3.63) is 48.2 Å². The fourth-order valence-electron chi connectivity index (χ4n) is 3.78. The van der Waals surface area contributed by atoms with Crippen molar-refractivity contribution in [3.63, 3.8) is 0 Å². The first-order chi connectivity index (χ1) is 16.4. The van der Waals surface area contributed by atoms with Crippen molar-refractivity contribution in [2.24, 2.45) is 10.9 Å². The lowest BCUT2D eigenvalue weighted by Gasteiger charge is -2.29. The number of rotatable bonds is 10. The summed E-state index contributed by atoms with van der Waals surface area (Å²) in [5, 5.41) is 6.55. The van der Waals surface area contributed by atoms with Crippen LogP contribution in [0, 0.1) is 0 Å². The minimum Gasteiger partial charge on any atom is -0.384 e. The van der Waals surface area contributed by atoms with Crippen molar-refractivity contribution in [2.75, 3.05) is 43.0 Å². The Labute approximate surface area is 200 Å². The number of amides is 1. The molecule has 1 aliphatic rings. The highest BCUT2D eigenvalue weighted by atomic mass is 32.2. The average molecular weight is 489 g/mol. The van der Waals surface area contributed by atoms with E-state index in [9.17, 15) is 13.2 Å². The number of nitrogens with one attached hydrogen (secondary N) is 1. The van der Waals surface area contributed by atoms with Gasteiger partial charge in [-0.3, -0.25) is 4.79 Å². The number of nitrogens with two attached hydrogens (primary N) is 1. The maximum Gasteiger partial charge on any atom is 0.265 e. The molecule has 3 rings (SSSR count). The normalized spacial score (nSPS) is 14.8. The van der Waals surface area contributed by atoms with Crippen LogP contribution in [0.1, 0.15) is 38.7 Å². The number of benzene rings is 1. The maximum absolute atomic E-state index is 12.6. The van der Waals surface area contributed by atoms with E-state index >= 15 is 0 Å². The monoisotopic (exact) mass is 488 g/mol. The lowest BCUT2D eigenvalue weighted by Crippen LogP contribution is -2.32. The number of pyridine rings is 1. The summed E-state index contributed by atoms with van der Waals surface area (Å²) in [7, 11) is -3.55. The van der Waals surface area contributed by atoms with E-state index in [1.54, 1.807) is 26.1 Å². The zero-order valence-electron chi connectivity index (χ0n) is 19.6. The minimum absolute atomic E-state index is 0.146. The molecule has 0 bridgehead atoms. The number of carbonyl (C=O) groups is 1. The molecule has 1 amide bonds. The molecule has 0 unspecified atom stereocenters. The highest BCUT2D eigenvalue weighted by Gasteiger charge is 2.21. The Morgan fingerprint density at radius 3 is 2.47 bits per heavy atom. The van der Waals surface area contributed by atoms with Gasteiger partial charge in [0.2, 0.25) is 10.0 Å². The van der Waals surface area contributed by atoms with Crippen molar-refractivity contribution in [1.82, 2.24) is 9.29 Å². The van der Waals surface area contributed by atoms with E-state index in [2.05, 4.69) is 20.4 Å². The van der Waals surface area contributed by atoms with Gasteiger partial charge >= 0.3 is 0 Å². The van der Waals surface area contributed by atoms with Crippen molar-refractivity contribution >= 4 is 33.3 Å². The number of hydrogen-bond donors (Lipinski definition) is 2. The molecule has 1 aliphatic heterocycles. The van der Waals surface area contributed by atoms with E-state index in [1.807, 2.05) is 6.07 Å². The van der Waals surface area contributed by atoms with Crippen LogP contribution >= 0.6 is 0 Å². The number of amidine groups is 1. The van der Waals surface area contributed by atoms with Crippen LogP contribution in [0.25, 0.3) is 0 Å². The number of nitrogens with zero attached hydrogens (tertiary/aromatic N) is 4. The molecule has 1 saturated heterocycles. The van der Waals surface area contributed by atoms with E-state index in [4.69, 9.17) is 10.6 Å². The third kappa shape index (κ3) is 6.23. The van der Waals surface area contributed by atoms with Gasteiger partial charge in [0, 0.05) is 38.1 Å². The fourth-order valence-corrected chi connectivity index (χ4v) is 5.24. The summed E-state index contributed by atoms with van der Waals surface area (Å²) in [6, 6.07) is 9.60. The van der Waals surface area contributed by atoms with Gasteiger partial charge in [0.1, 0.15) is 5.82 Å². The molecule has 34 heavy (non-hydrogen) atoms. The minimum atomic E-state index is -3.55. The Balaban J connectivity index is 1.57. The van der Waals surface area contributed by atoms with Crippen molar-refractivity contribution in [3.8, 4) is 0 Å². The second-order valence-electron chi connectivity index (χ2n) is 7.83. The van der Waals surface area contributed by atoms with Crippen LogP contribution < -0.4 is 16.0 Å². The highest BCUT2D eigenvalue weighted by Crippen LogP contribution is 2.21. The molecule has 0 aliphatic carbocycles. The van der Waals surface area contributed by atoms with Crippen LogP contribution in [0.5, 0.6) is 0 Å². The van der Waals surface area contributed by atoms with Gasteiger partial charge in [-0.1, -0.05) is 19.0 Å². The van der Waals surface area contributed by atoms with Gasteiger partial charge in [-0.05, 0) is 55.7 Å². The van der Waals surface area contributed by atoms with Gasteiger partial charge in [0.25, 0.3) is 5.91 Å². The first-order valence-corrected chi connectivity index (χ1v) is 12.9. The van der Waals surface area contributed by atoms with Crippen LogP contribution in [0.15, 0.2) is 52.6 Å². The summed E-state index contributed by atoms with van der Waals surface area (Å²) in [5.74, 6) is 0.460. The van der Waals surface area contributed by atoms with E-state index in [1.165, 1.54) is 35.0 Å². The first kappa shape index (κ1) is 25.4. The summed E-state index contributed by atoms with van der Waals surface area (Å²) in [5.41, 5.74) is 7.22. The molecule has 1 aromatic heterocycles. The van der Waals surface area contributed by atoms with E-state index in [-0.39, 0.29) is 17.3 Å². The Hall–Kier alpha value is -3.18. The van der Waals surface area contributed by atoms with Gasteiger partial charge in [-0.25, -0.2) is 13.4 Å². The molecule has 0 saturated carbocycles. The van der Waals surface area contributed by atoms with Crippen LogP contribution in [-0.2, 0) is 19.7 Å². The SMILES string of the molecule is CCN(CC)S(=O)(=O)c1ccc(NC(=O)CO/N=C(/N)c2cccnc2N2CCCCC2)cc1. The largest absolute Gasteiger partial charge is 0.384 e. The van der Waals surface area contributed by atoms with Crippen molar-refractivity contribution in [1.29, 1.82) is 0 Å². The van der Waals surface area contributed by atoms with Crippen molar-refractivity contribution in [2.45, 2.75) is 38.0 Å². The molecule has 0 atom stereocenters.